The van der Waals surface area contributed by atoms with Crippen LogP contribution in [0, 0.1) is 0 Å². The van der Waals surface area contributed by atoms with E-state index in [0.717, 1.165) is 11.7 Å². The van der Waals surface area contributed by atoms with Crippen molar-refractivity contribution >= 4 is 37.6 Å². The molecule has 0 bridgehead atoms. The van der Waals surface area contributed by atoms with Crippen LogP contribution < -0.4 is 44.9 Å². The number of aliphatic carboxylic acids is 1. The van der Waals surface area contributed by atoms with Gasteiger partial charge in [-0.2, -0.15) is 0 Å². The van der Waals surface area contributed by atoms with E-state index in [4.69, 9.17) is 4.74 Å². The third-order valence-electron chi connectivity index (χ3n) is 3.57. The van der Waals surface area contributed by atoms with Gasteiger partial charge in [0, 0.05) is 27.9 Å². The smallest absolute Gasteiger partial charge is 0.545 e. The molecule has 1 aromatic rings. The molecule has 0 saturated heterocycles. The van der Waals surface area contributed by atoms with E-state index in [1.165, 1.54) is 13.0 Å². The molecule has 0 atom stereocenters. The van der Waals surface area contributed by atoms with Crippen LogP contribution in [0.15, 0.2) is 23.8 Å². The number of carbonyl (C=O) groups excluding carboxylic acids is 2. The molecule has 0 unspecified atom stereocenters. The van der Waals surface area contributed by atoms with Crippen molar-refractivity contribution in [3.8, 4) is 0 Å². The van der Waals surface area contributed by atoms with Gasteiger partial charge in [0.2, 0.25) is 0 Å². The number of carboxylic acid groups (broad SMARTS) is 1. The molecule has 0 radical (unpaired) electrons. The molecular weight excluding hydrogens is 359 g/mol. The molecule has 0 spiro atoms. The van der Waals surface area contributed by atoms with Gasteiger partial charge in [-0.3, -0.25) is 5.32 Å². The van der Waals surface area contributed by atoms with Crippen LogP contribution in [0.2, 0.25) is 25.7 Å². The molecule has 26 heavy (non-hydrogen) atoms. The Labute approximate surface area is 178 Å². The van der Waals surface area contributed by atoms with Gasteiger partial charge in [0.15, 0.2) is 0 Å². The number of hydrogen-bond donors (Lipinski definition) is 1. The largest absolute Gasteiger partial charge is 1.00 e. The van der Waals surface area contributed by atoms with Gasteiger partial charge in [-0.25, -0.2) is 4.79 Å². The van der Waals surface area contributed by atoms with E-state index >= 15 is 0 Å². The quantitative estimate of drug-likeness (QED) is 0.518. The van der Waals surface area contributed by atoms with Gasteiger partial charge >= 0.3 is 35.7 Å². The summed E-state index contributed by atoms with van der Waals surface area (Å²) in [5, 5.41) is 13.7. The minimum Gasteiger partial charge on any atom is -0.545 e. The molecule has 1 amide bonds. The van der Waals surface area contributed by atoms with Gasteiger partial charge in [0.25, 0.3) is 0 Å². The first-order chi connectivity index (χ1) is 11.5. The first-order valence-electron chi connectivity index (χ1n) is 8.14. The fraction of sp³-hybridized carbons (Fsp3) is 0.444. The van der Waals surface area contributed by atoms with Gasteiger partial charge < -0.3 is 19.5 Å². The molecule has 6 nitrogen and oxygen atoms in total. The third-order valence-corrected chi connectivity index (χ3v) is 5.27. The van der Waals surface area contributed by atoms with Crippen molar-refractivity contribution in [2.24, 2.45) is 0 Å². The molecule has 0 aliphatic rings. The Kier molecular flexibility index (Phi) is 10.2. The van der Waals surface area contributed by atoms with E-state index in [1.54, 1.807) is 12.1 Å². The molecule has 0 saturated carbocycles. The Morgan fingerprint density at radius 1 is 1.27 bits per heavy atom. The second kappa shape index (κ2) is 10.8. The predicted octanol–water partition coefficient (Wildman–Crippen LogP) is -0.203. The Morgan fingerprint density at radius 2 is 1.88 bits per heavy atom. The summed E-state index contributed by atoms with van der Waals surface area (Å²) in [7, 11) is 2.49. The van der Waals surface area contributed by atoms with E-state index in [0.29, 0.717) is 17.9 Å². The van der Waals surface area contributed by atoms with Crippen molar-refractivity contribution < 1.29 is 49.0 Å². The molecular formula is C18H27N2NaO4Si. The SMILES string of the molecule is C/C(=C\c1ccc(N(C)C)cc1NC(=O)OCC[Si](C)(C)C)C(=O)[O-].[Na+]. The second-order valence-electron chi connectivity index (χ2n) is 7.35. The summed E-state index contributed by atoms with van der Waals surface area (Å²) >= 11 is 0. The fourth-order valence-electron chi connectivity index (χ4n) is 1.94. The molecule has 8 heteroatoms. The normalized spacial score (nSPS) is 11.4. The second-order valence-corrected chi connectivity index (χ2v) is 13.0. The number of carbonyl (C=O) groups is 2. The van der Waals surface area contributed by atoms with Crippen molar-refractivity contribution in [3.63, 3.8) is 0 Å². The summed E-state index contributed by atoms with van der Waals surface area (Å²) in [5.74, 6) is -1.25. The van der Waals surface area contributed by atoms with Crippen molar-refractivity contribution in [1.29, 1.82) is 0 Å². The van der Waals surface area contributed by atoms with E-state index in [-0.39, 0.29) is 35.1 Å². The topological polar surface area (TPSA) is 81.7 Å². The molecule has 1 rings (SSSR count). The maximum atomic E-state index is 12.1. The molecule has 1 aromatic carbocycles. The number of ether oxygens (including phenoxy) is 1. The van der Waals surface area contributed by atoms with Crippen LogP contribution in [0.5, 0.6) is 0 Å². The fourth-order valence-corrected chi connectivity index (χ4v) is 2.66. The molecule has 0 aliphatic carbocycles. The van der Waals surface area contributed by atoms with Crippen LogP contribution in [0.25, 0.3) is 6.08 Å². The van der Waals surface area contributed by atoms with Crippen molar-refractivity contribution in [2.45, 2.75) is 32.6 Å². The number of anilines is 2. The van der Waals surface area contributed by atoms with E-state index in [2.05, 4.69) is 25.0 Å². The van der Waals surface area contributed by atoms with Crippen molar-refractivity contribution in [1.82, 2.24) is 0 Å². The van der Waals surface area contributed by atoms with Crippen LogP contribution in [0.1, 0.15) is 12.5 Å². The van der Waals surface area contributed by atoms with Gasteiger partial charge in [-0.1, -0.05) is 25.7 Å². The van der Waals surface area contributed by atoms with E-state index < -0.39 is 20.1 Å². The minimum atomic E-state index is -1.28. The van der Waals surface area contributed by atoms with E-state index in [1.807, 2.05) is 25.1 Å². The number of benzene rings is 1. The maximum absolute atomic E-state index is 12.1. The molecule has 0 aliphatic heterocycles. The third kappa shape index (κ3) is 8.89. The van der Waals surface area contributed by atoms with Crippen LogP contribution >= 0.6 is 0 Å². The van der Waals surface area contributed by atoms with Gasteiger partial charge in [0.1, 0.15) is 0 Å². The molecule has 0 fully saturated rings. The number of amides is 1. The first kappa shape index (κ1) is 24.7. The van der Waals surface area contributed by atoms with Crippen LogP contribution in [0.3, 0.4) is 0 Å². The van der Waals surface area contributed by atoms with Crippen LogP contribution in [-0.4, -0.2) is 40.8 Å². The number of carboxylic acids is 1. The van der Waals surface area contributed by atoms with Gasteiger partial charge in [0.05, 0.1) is 18.3 Å². The Morgan fingerprint density at radius 3 is 2.38 bits per heavy atom. The van der Waals surface area contributed by atoms with E-state index in [9.17, 15) is 14.7 Å². The first-order valence-corrected chi connectivity index (χ1v) is 11.8. The van der Waals surface area contributed by atoms with Crippen molar-refractivity contribution in [3.05, 3.63) is 29.3 Å². The monoisotopic (exact) mass is 386 g/mol. The Balaban J connectivity index is 0.00000625. The van der Waals surface area contributed by atoms with Crippen molar-refractivity contribution in [2.75, 3.05) is 30.9 Å². The Bertz CT molecular complexity index is 670. The summed E-state index contributed by atoms with van der Waals surface area (Å²) < 4.78 is 5.25. The predicted molar refractivity (Wildman–Crippen MR) is 103 cm³/mol. The summed E-state index contributed by atoms with van der Waals surface area (Å²) in [6, 6.07) is 6.25. The average molecular weight is 387 g/mol. The molecule has 1 N–H and O–H groups in total. The average Bonchev–Trinajstić information content (AvgIpc) is 2.47. The number of rotatable bonds is 7. The zero-order valence-corrected chi connectivity index (χ0v) is 19.8. The zero-order chi connectivity index (χ0) is 19.2. The summed E-state index contributed by atoms with van der Waals surface area (Å²) in [4.78, 5) is 24.9. The molecule has 0 aromatic heterocycles. The molecule has 138 valence electrons. The summed E-state index contributed by atoms with van der Waals surface area (Å²) in [6.07, 6.45) is 0.918. The zero-order valence-electron chi connectivity index (χ0n) is 16.8. The van der Waals surface area contributed by atoms with Gasteiger partial charge in [-0.15, -0.1) is 0 Å². The van der Waals surface area contributed by atoms with Gasteiger partial charge in [-0.05, 0) is 42.3 Å². The standard InChI is InChI=1S/C18H28N2O4Si.Na/c1-13(17(21)22)11-14-7-8-15(20(2)3)12-16(14)19-18(23)24-9-10-25(4,5)6;/h7-8,11-12H,9-10H2,1-6H3,(H,19,23)(H,21,22);/q;+1/p-1/b13-11+;. The number of nitrogens with zero attached hydrogens (tertiary/aromatic N) is 1. The number of hydrogen-bond acceptors (Lipinski definition) is 5. The molecule has 0 heterocycles. The van der Waals surface area contributed by atoms with Crippen LogP contribution in [0.4, 0.5) is 16.2 Å². The Hall–Kier alpha value is -1.28. The van der Waals surface area contributed by atoms with Crippen LogP contribution in [-0.2, 0) is 9.53 Å². The minimum absolute atomic E-state index is 0. The number of nitrogens with one attached hydrogen (secondary N) is 1. The maximum Gasteiger partial charge on any atom is 1.00 e. The summed E-state index contributed by atoms with van der Waals surface area (Å²) in [5.41, 5.74) is 2.02. The summed E-state index contributed by atoms with van der Waals surface area (Å²) in [6.45, 7) is 8.45.